The number of carbonyl (C=O) groups is 2. The van der Waals surface area contributed by atoms with Crippen LogP contribution in [0.25, 0.3) is 0 Å². The third kappa shape index (κ3) is 0.949. The molecule has 0 radical (unpaired) electrons. The Labute approximate surface area is 55.6 Å². The van der Waals surface area contributed by atoms with E-state index in [0.717, 1.165) is 0 Å². The van der Waals surface area contributed by atoms with Crippen molar-refractivity contribution in [2.75, 3.05) is 0 Å². The van der Waals surface area contributed by atoms with Crippen molar-refractivity contribution < 1.29 is 14.5 Å². The molecule has 0 aromatic carbocycles. The lowest BCUT2D eigenvalue weighted by Gasteiger charge is -2.03. The Kier molecular flexibility index (Phi) is 1.61. The maximum Gasteiger partial charge on any atom is 0.266 e. The van der Waals surface area contributed by atoms with Crippen LogP contribution in [0, 0.1) is 4.91 Å². The number of hydroxylamine groups is 2. The molecule has 1 aliphatic heterocycles. The van der Waals surface area contributed by atoms with Gasteiger partial charge >= 0.3 is 0 Å². The predicted octanol–water partition coefficient (Wildman–Crippen LogP) is -0.252. The lowest BCUT2D eigenvalue weighted by atomic mass is 10.4. The quantitative estimate of drug-likeness (QED) is 0.304. The minimum absolute atomic E-state index is 0.0916. The van der Waals surface area contributed by atoms with E-state index in [4.69, 9.17) is 0 Å². The van der Waals surface area contributed by atoms with Crippen LogP contribution >= 0.6 is 0 Å². The molecule has 0 saturated carbocycles. The fourth-order valence-electron chi connectivity index (χ4n) is 0.680. The fraction of sp³-hybridized carbons (Fsp3) is 0.500. The van der Waals surface area contributed by atoms with Crippen LogP contribution in [0.3, 0.4) is 0 Å². The van der Waals surface area contributed by atoms with Crippen LogP contribution in [-0.2, 0) is 14.5 Å². The van der Waals surface area contributed by atoms with Crippen LogP contribution < -0.4 is 0 Å². The van der Waals surface area contributed by atoms with Crippen molar-refractivity contribution in [2.45, 2.75) is 12.8 Å². The van der Waals surface area contributed by atoms with Gasteiger partial charge in [0.1, 0.15) is 0 Å². The van der Waals surface area contributed by atoms with E-state index in [2.05, 4.69) is 4.94 Å². The lowest BCUT2D eigenvalue weighted by Crippen LogP contribution is -2.26. The predicted molar refractivity (Wildman–Crippen MR) is 28.0 cm³/mol. The highest BCUT2D eigenvalue weighted by molar-refractivity contribution is 6.00. The average Bonchev–Trinajstić information content (AvgIpc) is 2.20. The highest BCUT2D eigenvalue weighted by Gasteiger charge is 2.31. The summed E-state index contributed by atoms with van der Waals surface area (Å²) in [5.74, 6) is -1.05. The van der Waals surface area contributed by atoms with Gasteiger partial charge in [-0.15, -0.1) is 4.91 Å². The van der Waals surface area contributed by atoms with Crippen molar-refractivity contribution in [1.29, 1.82) is 0 Å². The normalized spacial score (nSPS) is 17.8. The van der Waals surface area contributed by atoms with E-state index in [-0.39, 0.29) is 12.8 Å². The summed E-state index contributed by atoms with van der Waals surface area (Å²) in [4.78, 5) is 34.4. The Morgan fingerprint density at radius 2 is 1.80 bits per heavy atom. The van der Waals surface area contributed by atoms with Gasteiger partial charge in [-0.25, -0.2) is 4.94 Å². The maximum absolute atomic E-state index is 10.6. The second-order valence-corrected chi connectivity index (χ2v) is 1.74. The van der Waals surface area contributed by atoms with Crippen LogP contribution in [-0.4, -0.2) is 16.9 Å². The first-order chi connectivity index (χ1) is 4.75. The van der Waals surface area contributed by atoms with Crippen molar-refractivity contribution in [3.63, 3.8) is 0 Å². The largest absolute Gasteiger partial charge is 0.271 e. The summed E-state index contributed by atoms with van der Waals surface area (Å²) in [5, 5.41) is 2.32. The molecule has 0 atom stereocenters. The van der Waals surface area contributed by atoms with Crippen molar-refractivity contribution in [2.24, 2.45) is 5.34 Å². The summed E-state index contributed by atoms with van der Waals surface area (Å²) < 4.78 is 0. The number of nitrogens with zero attached hydrogens (tertiary/aromatic N) is 2. The van der Waals surface area contributed by atoms with Gasteiger partial charge in [0.25, 0.3) is 11.8 Å². The third-order valence-corrected chi connectivity index (χ3v) is 1.12. The molecule has 1 heterocycles. The number of hydrogen-bond acceptors (Lipinski definition) is 5. The van der Waals surface area contributed by atoms with Gasteiger partial charge in [-0.3, -0.25) is 9.59 Å². The van der Waals surface area contributed by atoms with E-state index >= 15 is 0 Å². The Morgan fingerprint density at radius 1 is 1.30 bits per heavy atom. The SMILES string of the molecule is O=NON1C(=O)CCC1=O. The molecule has 0 N–H and O–H groups in total. The summed E-state index contributed by atoms with van der Waals surface area (Å²) in [6.45, 7) is 0. The molecular formula is C4H4N2O4. The summed E-state index contributed by atoms with van der Waals surface area (Å²) >= 11 is 0. The van der Waals surface area contributed by atoms with Gasteiger partial charge in [0.2, 0.25) is 0 Å². The molecule has 0 aromatic heterocycles. The van der Waals surface area contributed by atoms with Crippen LogP contribution in [0.1, 0.15) is 12.8 Å². The average molecular weight is 144 g/mol. The Morgan fingerprint density at radius 3 is 2.20 bits per heavy atom. The minimum atomic E-state index is -0.524. The molecule has 0 unspecified atom stereocenters. The zero-order chi connectivity index (χ0) is 7.56. The molecule has 1 saturated heterocycles. The molecule has 1 aliphatic rings. The molecule has 54 valence electrons. The van der Waals surface area contributed by atoms with Crippen molar-refractivity contribution >= 4 is 11.8 Å². The molecule has 1 fully saturated rings. The van der Waals surface area contributed by atoms with E-state index < -0.39 is 11.8 Å². The molecule has 0 bridgehead atoms. The van der Waals surface area contributed by atoms with Crippen LogP contribution in [0.15, 0.2) is 5.34 Å². The molecule has 0 aliphatic carbocycles. The van der Waals surface area contributed by atoms with Crippen molar-refractivity contribution in [1.82, 2.24) is 5.06 Å². The Hall–Kier alpha value is -1.46. The van der Waals surface area contributed by atoms with E-state index in [1.165, 1.54) is 0 Å². The van der Waals surface area contributed by atoms with Gasteiger partial charge in [-0.05, 0) is 0 Å². The number of carbonyl (C=O) groups excluding carboxylic acids is 2. The second kappa shape index (κ2) is 2.42. The number of amides is 2. The van der Waals surface area contributed by atoms with Crippen molar-refractivity contribution in [3.8, 4) is 0 Å². The first kappa shape index (κ1) is 6.66. The summed E-state index contributed by atoms with van der Waals surface area (Å²) in [6.07, 6.45) is 0.183. The Balaban J connectivity index is 2.62. The molecule has 0 spiro atoms. The number of rotatable bonds is 2. The standard InChI is InChI=1S/C4H4N2O4/c7-3-1-2-4(8)6(3)10-5-9/h1-2H2. The van der Waals surface area contributed by atoms with Crippen LogP contribution in [0.2, 0.25) is 0 Å². The van der Waals surface area contributed by atoms with E-state index in [0.29, 0.717) is 5.06 Å². The summed E-state index contributed by atoms with van der Waals surface area (Å²) in [7, 11) is 0. The molecular weight excluding hydrogens is 140 g/mol. The smallest absolute Gasteiger partial charge is 0.266 e. The van der Waals surface area contributed by atoms with Gasteiger partial charge < -0.3 is 0 Å². The number of hydrogen-bond donors (Lipinski definition) is 0. The number of imide groups is 1. The minimum Gasteiger partial charge on any atom is -0.271 e. The highest BCUT2D eigenvalue weighted by atomic mass is 16.9. The van der Waals surface area contributed by atoms with Gasteiger partial charge in [0.15, 0.2) is 5.34 Å². The summed E-state index contributed by atoms with van der Waals surface area (Å²) in [5.41, 5.74) is 0. The monoisotopic (exact) mass is 144 g/mol. The molecule has 1 rings (SSSR count). The van der Waals surface area contributed by atoms with Gasteiger partial charge in [-0.1, -0.05) is 5.06 Å². The van der Waals surface area contributed by atoms with E-state index in [1.54, 1.807) is 0 Å². The molecule has 6 nitrogen and oxygen atoms in total. The highest BCUT2D eigenvalue weighted by Crippen LogP contribution is 2.11. The maximum atomic E-state index is 10.6. The van der Waals surface area contributed by atoms with Crippen molar-refractivity contribution in [3.05, 3.63) is 4.91 Å². The zero-order valence-corrected chi connectivity index (χ0v) is 4.94. The fourth-order valence-corrected chi connectivity index (χ4v) is 0.680. The molecule has 2 amide bonds. The van der Waals surface area contributed by atoms with Crippen LogP contribution in [0.5, 0.6) is 0 Å². The zero-order valence-electron chi connectivity index (χ0n) is 4.94. The Bertz CT molecular complexity index is 174. The third-order valence-electron chi connectivity index (χ3n) is 1.12. The molecule has 6 heteroatoms. The first-order valence-corrected chi connectivity index (χ1v) is 2.61. The summed E-state index contributed by atoms with van der Waals surface area (Å²) in [6, 6.07) is 0. The van der Waals surface area contributed by atoms with E-state index in [9.17, 15) is 14.5 Å². The van der Waals surface area contributed by atoms with Crippen LogP contribution in [0.4, 0.5) is 0 Å². The van der Waals surface area contributed by atoms with Gasteiger partial charge in [0, 0.05) is 12.8 Å². The first-order valence-electron chi connectivity index (χ1n) is 2.61. The molecule has 0 aromatic rings. The second-order valence-electron chi connectivity index (χ2n) is 1.74. The lowest BCUT2D eigenvalue weighted by molar-refractivity contribution is -0.188. The van der Waals surface area contributed by atoms with Gasteiger partial charge in [0.05, 0.1) is 0 Å². The topological polar surface area (TPSA) is 76.0 Å². The van der Waals surface area contributed by atoms with E-state index in [1.807, 2.05) is 5.34 Å². The molecule has 10 heavy (non-hydrogen) atoms. The van der Waals surface area contributed by atoms with Gasteiger partial charge in [-0.2, -0.15) is 0 Å².